The Hall–Kier alpha value is -3.15. The number of amides is 2. The fourth-order valence-corrected chi connectivity index (χ4v) is 6.57. The van der Waals surface area contributed by atoms with Crippen molar-refractivity contribution in [1.29, 1.82) is 0 Å². The van der Waals surface area contributed by atoms with Crippen molar-refractivity contribution in [3.05, 3.63) is 71.0 Å². The summed E-state index contributed by atoms with van der Waals surface area (Å²) in [6.07, 6.45) is -9.34. The van der Waals surface area contributed by atoms with Crippen LogP contribution in [0.5, 0.6) is 0 Å². The molecule has 2 atom stereocenters. The van der Waals surface area contributed by atoms with Crippen molar-refractivity contribution >= 4 is 11.8 Å². The molecule has 0 unspecified atom stereocenters. The maximum absolute atomic E-state index is 13.8. The third-order valence-corrected chi connectivity index (χ3v) is 9.71. The molecule has 3 aliphatic rings. The zero-order valence-corrected chi connectivity index (χ0v) is 23.7. The van der Waals surface area contributed by atoms with Crippen molar-refractivity contribution < 1.29 is 45.4 Å². The number of piperidine rings is 1. The second-order valence-electron chi connectivity index (χ2n) is 12.7. The topological polar surface area (TPSA) is 60.9 Å². The van der Waals surface area contributed by atoms with Gasteiger partial charge in [0.1, 0.15) is 5.82 Å². The quantitative estimate of drug-likeness (QED) is 0.417. The van der Waals surface area contributed by atoms with Crippen molar-refractivity contribution in [3.63, 3.8) is 0 Å². The Balaban J connectivity index is 1.41. The first-order valence-corrected chi connectivity index (χ1v) is 14.2. The minimum Gasteiger partial charge on any atom is -0.369 e. The summed E-state index contributed by atoms with van der Waals surface area (Å²) in [7, 11) is 0. The lowest BCUT2D eigenvalue weighted by Gasteiger charge is -2.35. The summed E-state index contributed by atoms with van der Waals surface area (Å²) in [5.74, 6) is -1.42. The Morgan fingerprint density at radius 3 is 1.86 bits per heavy atom. The highest BCUT2D eigenvalue weighted by Gasteiger charge is 2.71. The fraction of sp³-hybridized carbons (Fsp3) is 0.548. The normalized spacial score (nSPS) is 24.7. The summed E-state index contributed by atoms with van der Waals surface area (Å²) in [5, 5.41) is 9.82. The van der Waals surface area contributed by atoms with Crippen molar-refractivity contribution in [2.45, 2.75) is 68.8 Å². The van der Waals surface area contributed by atoms with Gasteiger partial charge in [0, 0.05) is 54.4 Å². The first-order valence-electron chi connectivity index (χ1n) is 14.2. The van der Waals surface area contributed by atoms with E-state index in [1.165, 1.54) is 12.1 Å². The Morgan fingerprint density at radius 2 is 1.37 bits per heavy atom. The second kappa shape index (κ2) is 10.5. The van der Waals surface area contributed by atoms with E-state index in [1.54, 1.807) is 21.9 Å². The van der Waals surface area contributed by atoms with Crippen molar-refractivity contribution in [3.8, 4) is 0 Å². The molecule has 0 bridgehead atoms. The molecule has 3 fully saturated rings. The number of rotatable bonds is 5. The average molecular weight is 615 g/mol. The fourth-order valence-electron chi connectivity index (χ4n) is 6.57. The highest BCUT2D eigenvalue weighted by atomic mass is 19.4. The maximum Gasteiger partial charge on any atom is 0.430 e. The summed E-state index contributed by atoms with van der Waals surface area (Å²) in [5.41, 5.74) is -6.56. The minimum absolute atomic E-state index is 0.106. The van der Waals surface area contributed by atoms with E-state index in [0.717, 1.165) is 25.0 Å². The number of benzene rings is 2. The van der Waals surface area contributed by atoms with Crippen LogP contribution in [0.3, 0.4) is 0 Å². The smallest absolute Gasteiger partial charge is 0.369 e. The van der Waals surface area contributed by atoms with E-state index in [1.807, 2.05) is 13.8 Å². The number of hydrogen-bond donors (Lipinski definition) is 1. The highest BCUT2D eigenvalue weighted by Crippen LogP contribution is 2.51. The number of carbonyl (C=O) groups is 2. The van der Waals surface area contributed by atoms with Crippen LogP contribution in [0.15, 0.2) is 48.5 Å². The molecule has 0 spiro atoms. The molecule has 234 valence electrons. The summed E-state index contributed by atoms with van der Waals surface area (Å²) in [6, 6.07) is 9.06. The van der Waals surface area contributed by atoms with Crippen LogP contribution >= 0.6 is 0 Å². The molecule has 2 aromatic rings. The van der Waals surface area contributed by atoms with Gasteiger partial charge < -0.3 is 14.9 Å². The van der Waals surface area contributed by atoms with Gasteiger partial charge in [-0.3, -0.25) is 9.59 Å². The molecular formula is C31H33F7N2O3. The summed E-state index contributed by atoms with van der Waals surface area (Å²) >= 11 is 0. The number of likely N-dealkylation sites (tertiary alicyclic amines) is 2. The van der Waals surface area contributed by atoms with Gasteiger partial charge in [0.25, 0.3) is 5.60 Å². The van der Waals surface area contributed by atoms with Gasteiger partial charge >= 0.3 is 12.4 Å². The third kappa shape index (κ3) is 5.40. The van der Waals surface area contributed by atoms with Gasteiger partial charge in [0.2, 0.25) is 11.8 Å². The largest absolute Gasteiger partial charge is 0.430 e. The molecule has 2 saturated heterocycles. The second-order valence-corrected chi connectivity index (χ2v) is 12.7. The Bertz CT molecular complexity index is 1350. The van der Waals surface area contributed by atoms with Crippen LogP contribution in [0.2, 0.25) is 0 Å². The number of halogens is 7. The van der Waals surface area contributed by atoms with E-state index in [4.69, 9.17) is 0 Å². The molecule has 1 N–H and O–H groups in total. The van der Waals surface area contributed by atoms with Gasteiger partial charge in [0.05, 0.1) is 0 Å². The first kappa shape index (κ1) is 31.3. The zero-order chi connectivity index (χ0) is 31.6. The summed E-state index contributed by atoms with van der Waals surface area (Å²) < 4.78 is 94.4. The van der Waals surface area contributed by atoms with Gasteiger partial charge in [-0.2, -0.15) is 26.3 Å². The Morgan fingerprint density at radius 1 is 0.837 bits per heavy atom. The maximum atomic E-state index is 13.8. The van der Waals surface area contributed by atoms with Crippen LogP contribution < -0.4 is 0 Å². The number of hydrogen-bond acceptors (Lipinski definition) is 3. The minimum atomic E-state index is -6.01. The lowest BCUT2D eigenvalue weighted by molar-refractivity contribution is -0.376. The van der Waals surface area contributed by atoms with E-state index < -0.39 is 40.7 Å². The van der Waals surface area contributed by atoms with Gasteiger partial charge in [0.15, 0.2) is 0 Å². The van der Waals surface area contributed by atoms with Gasteiger partial charge in [-0.05, 0) is 48.9 Å². The average Bonchev–Trinajstić information content (AvgIpc) is 3.61. The molecule has 43 heavy (non-hydrogen) atoms. The van der Waals surface area contributed by atoms with E-state index in [0.29, 0.717) is 49.2 Å². The Labute approximate surface area is 244 Å². The van der Waals surface area contributed by atoms with E-state index in [2.05, 4.69) is 0 Å². The third-order valence-electron chi connectivity index (χ3n) is 9.71. The molecule has 2 aromatic carbocycles. The van der Waals surface area contributed by atoms with Crippen molar-refractivity contribution in [1.82, 2.24) is 9.80 Å². The lowest BCUT2D eigenvalue weighted by Crippen LogP contribution is -2.53. The van der Waals surface area contributed by atoms with E-state index >= 15 is 0 Å². The molecule has 1 aliphatic carbocycles. The van der Waals surface area contributed by atoms with E-state index in [-0.39, 0.29) is 36.2 Å². The molecular weight excluding hydrogens is 581 g/mol. The first-order chi connectivity index (χ1) is 19.9. The summed E-state index contributed by atoms with van der Waals surface area (Å²) in [6.45, 7) is 5.00. The van der Waals surface area contributed by atoms with E-state index in [9.17, 15) is 45.4 Å². The summed E-state index contributed by atoms with van der Waals surface area (Å²) in [4.78, 5) is 29.9. The molecule has 2 amide bonds. The van der Waals surface area contributed by atoms with Gasteiger partial charge in [-0.1, -0.05) is 50.2 Å². The van der Waals surface area contributed by atoms with Crippen LogP contribution in [0.1, 0.15) is 62.1 Å². The van der Waals surface area contributed by atoms with Crippen molar-refractivity contribution in [2.75, 3.05) is 26.2 Å². The van der Waals surface area contributed by atoms with Gasteiger partial charge in [-0.25, -0.2) is 4.39 Å². The van der Waals surface area contributed by atoms with Gasteiger partial charge in [-0.15, -0.1) is 0 Å². The predicted molar refractivity (Wildman–Crippen MR) is 142 cm³/mol. The molecule has 2 aliphatic heterocycles. The molecule has 2 heterocycles. The zero-order valence-electron chi connectivity index (χ0n) is 23.7. The number of nitrogens with zero attached hydrogens (tertiary/aromatic N) is 2. The molecule has 5 nitrogen and oxygen atoms in total. The number of carbonyl (C=O) groups excluding carboxylic acids is 2. The lowest BCUT2D eigenvalue weighted by atomic mass is 9.71. The van der Waals surface area contributed by atoms with Crippen LogP contribution in [0.4, 0.5) is 30.7 Å². The van der Waals surface area contributed by atoms with Crippen LogP contribution in [0.25, 0.3) is 0 Å². The SMILES string of the molecule is CC1(C(=O)N2CCC(C(=O)N3C[C@@H](c4ccc(C(O)(C(F)(F)F)C(F)(F)F)cc4)[C@@](C)(c4ccc(F)cc4)C3)CC2)CC1. The standard InChI is InChI=1S/C31H33F7N2O3/c1-27(13-14-27)26(42)39-15-11-20(12-16-39)25(41)40-17-24(28(2,18-40)21-7-9-23(32)10-8-21)19-3-5-22(6-4-19)29(43,30(33,34)35)31(36,37)38/h3-10,20,24,43H,11-18H2,1-2H3/t24-,28+/m0/s1. The van der Waals surface area contributed by atoms with Crippen LogP contribution in [0, 0.1) is 17.2 Å². The number of aliphatic hydroxyl groups is 1. The molecule has 5 rings (SSSR count). The number of alkyl halides is 6. The Kier molecular flexibility index (Phi) is 7.63. The predicted octanol–water partition coefficient (Wildman–Crippen LogP) is 6.06. The van der Waals surface area contributed by atoms with Crippen molar-refractivity contribution in [2.24, 2.45) is 11.3 Å². The highest BCUT2D eigenvalue weighted by molar-refractivity contribution is 5.85. The monoisotopic (exact) mass is 614 g/mol. The molecule has 0 aromatic heterocycles. The molecule has 1 saturated carbocycles. The van der Waals surface area contributed by atoms with Crippen LogP contribution in [-0.4, -0.2) is 65.3 Å². The molecule has 12 heteroatoms. The van der Waals surface area contributed by atoms with Crippen LogP contribution in [-0.2, 0) is 20.6 Å². The molecule has 0 radical (unpaired) electrons.